The SMILES string of the molecule is Fc1ccccc1-p1c2ccccc2n2c[n+](c3ccccc3p(-c3ccccc3F)c3ccccc31)CC2. The number of hydrogen-bond donors (Lipinski definition) is 0. The van der Waals surface area contributed by atoms with Crippen molar-refractivity contribution in [3.8, 4) is 10.6 Å². The summed E-state index contributed by atoms with van der Waals surface area (Å²) in [5.74, 6) is -0.434. The molecule has 2 unspecified atom stereocenters. The molecule has 0 aliphatic carbocycles. The molecule has 6 aromatic rings. The molecule has 190 valence electrons. The van der Waals surface area contributed by atoms with Gasteiger partial charge in [0.15, 0.2) is 0 Å². The van der Waals surface area contributed by atoms with E-state index in [-0.39, 0.29) is 11.6 Å². The molecule has 1 aliphatic heterocycles. The van der Waals surface area contributed by atoms with Crippen molar-refractivity contribution in [2.75, 3.05) is 0 Å². The monoisotopic (exact) mass is 549 g/mol. The van der Waals surface area contributed by atoms with E-state index in [4.69, 9.17) is 0 Å². The highest BCUT2D eigenvalue weighted by molar-refractivity contribution is 7.71. The van der Waals surface area contributed by atoms with Crippen LogP contribution in [0, 0.1) is 11.6 Å². The van der Waals surface area contributed by atoms with E-state index in [9.17, 15) is 0 Å². The van der Waals surface area contributed by atoms with Crippen LogP contribution in [0.3, 0.4) is 0 Å². The van der Waals surface area contributed by atoms with Crippen molar-refractivity contribution in [3.63, 3.8) is 0 Å². The maximum Gasteiger partial charge on any atom is 0.244 e. The summed E-state index contributed by atoms with van der Waals surface area (Å²) >= 11 is 0. The maximum absolute atomic E-state index is 15.7. The molecule has 1 aliphatic rings. The van der Waals surface area contributed by atoms with Crippen LogP contribution in [0.25, 0.3) is 42.1 Å². The zero-order valence-electron chi connectivity index (χ0n) is 21.1. The summed E-state index contributed by atoms with van der Waals surface area (Å²) in [4.78, 5) is 0. The lowest BCUT2D eigenvalue weighted by Gasteiger charge is -2.14. The van der Waals surface area contributed by atoms with Gasteiger partial charge in [0.25, 0.3) is 0 Å². The van der Waals surface area contributed by atoms with Gasteiger partial charge in [-0.1, -0.05) is 75.7 Å². The van der Waals surface area contributed by atoms with E-state index in [1.54, 1.807) is 24.3 Å². The lowest BCUT2D eigenvalue weighted by atomic mass is 10.3. The molecular formula is C33H25F2N2P2+. The number of rotatable bonds is 2. The van der Waals surface area contributed by atoms with Gasteiger partial charge in [0.2, 0.25) is 6.33 Å². The van der Waals surface area contributed by atoms with E-state index in [1.165, 1.54) is 0 Å². The third kappa shape index (κ3) is 4.12. The Morgan fingerprint density at radius 1 is 0.538 bits per heavy atom. The number of aromatic nitrogens is 2. The molecule has 0 N–H and O–H groups in total. The molecule has 0 spiro atoms. The van der Waals surface area contributed by atoms with Crippen molar-refractivity contribution in [3.05, 3.63) is 139 Å². The van der Waals surface area contributed by atoms with E-state index >= 15 is 8.78 Å². The normalized spacial score (nSPS) is 13.1. The Labute approximate surface area is 227 Å². The first-order valence-corrected chi connectivity index (χ1v) is 15.6. The first-order chi connectivity index (χ1) is 19.2. The van der Waals surface area contributed by atoms with E-state index in [0.29, 0.717) is 10.6 Å². The van der Waals surface area contributed by atoms with Gasteiger partial charge in [-0.05, 0) is 60.7 Å². The van der Waals surface area contributed by atoms with Crippen LogP contribution >= 0.6 is 15.1 Å². The molecule has 2 nitrogen and oxygen atoms in total. The Kier molecular flexibility index (Phi) is 6.16. The van der Waals surface area contributed by atoms with E-state index in [0.717, 1.165) is 44.6 Å². The molecular weight excluding hydrogens is 524 g/mol. The summed E-state index contributed by atoms with van der Waals surface area (Å²) < 4.78 is 36.0. The fourth-order valence-electron chi connectivity index (χ4n) is 5.54. The number of halogens is 2. The minimum absolute atomic E-state index is 0.217. The van der Waals surface area contributed by atoms with Crippen LogP contribution in [0.4, 0.5) is 8.78 Å². The zero-order valence-corrected chi connectivity index (χ0v) is 22.9. The molecule has 0 fully saturated rings. The summed E-state index contributed by atoms with van der Waals surface area (Å²) in [7, 11) is -2.59. The standard InChI is InChI=1S/C33H25F2N2P2/c34-24-11-1-5-15-28(24)38-30-17-7-3-13-26(30)36-21-22-37(23-36)27-14-4-8-18-31(27)39(29-16-6-2-12-25(29)35)33-20-10-9-19-32(33)38/h1-20,23H,21-22H2/q+1. The Hall–Kier alpha value is -3.97. The molecule has 0 radical (unpaired) electrons. The van der Waals surface area contributed by atoms with Crippen molar-refractivity contribution in [2.24, 2.45) is 0 Å². The van der Waals surface area contributed by atoms with Gasteiger partial charge in [0.1, 0.15) is 35.8 Å². The molecule has 7 rings (SSSR count). The molecule has 1 aromatic heterocycles. The van der Waals surface area contributed by atoms with Gasteiger partial charge in [-0.3, -0.25) is 0 Å². The minimum Gasteiger partial charge on any atom is -0.229 e. The van der Waals surface area contributed by atoms with Crippen molar-refractivity contribution in [1.29, 1.82) is 0 Å². The quantitative estimate of drug-likeness (QED) is 0.190. The molecule has 39 heavy (non-hydrogen) atoms. The molecule has 0 saturated heterocycles. The van der Waals surface area contributed by atoms with Gasteiger partial charge in [-0.2, -0.15) is 0 Å². The predicted molar refractivity (Wildman–Crippen MR) is 160 cm³/mol. The van der Waals surface area contributed by atoms with Crippen molar-refractivity contribution in [2.45, 2.75) is 13.1 Å². The Morgan fingerprint density at radius 2 is 1.03 bits per heavy atom. The molecule has 6 heteroatoms. The average Bonchev–Trinajstić information content (AvgIpc) is 3.46. The first-order valence-electron chi connectivity index (χ1n) is 13.0. The zero-order chi connectivity index (χ0) is 26.3. The second kappa shape index (κ2) is 9.97. The fourth-order valence-corrected chi connectivity index (χ4v) is 11.2. The van der Waals surface area contributed by atoms with Crippen LogP contribution in [-0.2, 0) is 13.1 Å². The van der Waals surface area contributed by atoms with Crippen LogP contribution in [0.1, 0.15) is 0 Å². The lowest BCUT2D eigenvalue weighted by molar-refractivity contribution is -0.662. The highest BCUT2D eigenvalue weighted by Crippen LogP contribution is 2.57. The number of aryl methyl sites for hydroxylation is 2. The maximum atomic E-state index is 15.7. The van der Waals surface area contributed by atoms with Crippen LogP contribution in [-0.4, -0.2) is 4.57 Å². The summed E-state index contributed by atoms with van der Waals surface area (Å²) in [6.07, 6.45) is 2.16. The summed E-state index contributed by atoms with van der Waals surface area (Å²) in [5.41, 5.74) is 2.16. The Morgan fingerprint density at radius 3 is 1.67 bits per heavy atom. The van der Waals surface area contributed by atoms with Gasteiger partial charge in [0.05, 0.1) is 0 Å². The number of benzene rings is 5. The topological polar surface area (TPSA) is 8.81 Å². The summed E-state index contributed by atoms with van der Waals surface area (Å²) in [6.45, 7) is 1.62. The summed E-state index contributed by atoms with van der Waals surface area (Å²) in [5, 5.41) is 5.67. The fraction of sp³-hybridized carbons (Fsp3) is 0.0606. The van der Waals surface area contributed by atoms with Gasteiger partial charge in [-0.25, -0.2) is 17.9 Å². The van der Waals surface area contributed by atoms with Crippen molar-refractivity contribution in [1.82, 2.24) is 4.57 Å². The molecule has 5 aromatic carbocycles. The van der Waals surface area contributed by atoms with Crippen molar-refractivity contribution >= 4 is 46.6 Å². The number of fused-ring (bicyclic) bond motifs is 7. The van der Waals surface area contributed by atoms with Gasteiger partial charge >= 0.3 is 0 Å². The second-order valence-electron chi connectivity index (χ2n) is 9.54. The van der Waals surface area contributed by atoms with E-state index < -0.39 is 15.1 Å². The largest absolute Gasteiger partial charge is 0.244 e. The van der Waals surface area contributed by atoms with E-state index in [2.05, 4.69) is 64.0 Å². The van der Waals surface area contributed by atoms with Crippen LogP contribution in [0.15, 0.2) is 128 Å². The van der Waals surface area contributed by atoms with Crippen LogP contribution in [0.2, 0.25) is 0 Å². The molecule has 2 bridgehead atoms. The van der Waals surface area contributed by atoms with Gasteiger partial charge in [-0.15, -0.1) is 0 Å². The average molecular weight is 550 g/mol. The molecule has 2 heterocycles. The third-order valence-electron chi connectivity index (χ3n) is 7.27. The predicted octanol–water partition coefficient (Wildman–Crippen LogP) is 9.73. The molecule has 0 saturated carbocycles. The number of nitrogens with zero attached hydrogens (tertiary/aromatic N) is 2. The Balaban J connectivity index is 1.88. The Bertz CT molecular complexity index is 1870. The third-order valence-corrected chi connectivity index (χ3v) is 12.6. The molecule has 0 amide bonds. The first kappa shape index (κ1) is 24.1. The lowest BCUT2D eigenvalue weighted by Crippen LogP contribution is -2.29. The highest BCUT2D eigenvalue weighted by Gasteiger charge is 2.20. The summed E-state index contributed by atoms with van der Waals surface area (Å²) in [6, 6.07) is 39.3. The molecule has 2 atom stereocenters. The smallest absolute Gasteiger partial charge is 0.229 e. The van der Waals surface area contributed by atoms with Crippen LogP contribution in [0.5, 0.6) is 0 Å². The second-order valence-corrected chi connectivity index (χ2v) is 13.8. The van der Waals surface area contributed by atoms with Gasteiger partial charge < -0.3 is 0 Å². The minimum atomic E-state index is -1.29. The van der Waals surface area contributed by atoms with E-state index in [1.807, 2.05) is 48.5 Å². The number of para-hydroxylation sites is 2. The van der Waals surface area contributed by atoms with Crippen molar-refractivity contribution < 1.29 is 13.3 Å². The number of hydrogen-bond acceptors (Lipinski definition) is 0. The highest BCUT2D eigenvalue weighted by atomic mass is 31.1. The van der Waals surface area contributed by atoms with Crippen LogP contribution < -0.4 is 4.57 Å². The van der Waals surface area contributed by atoms with Gasteiger partial charge in [0, 0.05) is 31.1 Å².